The number of halogens is 1. The summed E-state index contributed by atoms with van der Waals surface area (Å²) in [7, 11) is 2.97. The van der Waals surface area contributed by atoms with E-state index in [0.29, 0.717) is 35.9 Å². The molecule has 0 amide bonds. The Labute approximate surface area is 207 Å². The van der Waals surface area contributed by atoms with Crippen LogP contribution in [0.15, 0.2) is 47.3 Å². The molecule has 0 bridgehead atoms. The quantitative estimate of drug-likeness (QED) is 0.405. The Hall–Kier alpha value is -3.37. The molecule has 9 nitrogen and oxygen atoms in total. The van der Waals surface area contributed by atoms with Gasteiger partial charge in [0.25, 0.3) is 0 Å². The molecule has 2 aromatic rings. The van der Waals surface area contributed by atoms with E-state index in [2.05, 4.69) is 20.8 Å². The highest BCUT2D eigenvalue weighted by Crippen LogP contribution is 2.54. The fourth-order valence-corrected chi connectivity index (χ4v) is 4.54. The lowest BCUT2D eigenvalue weighted by Crippen LogP contribution is -2.54. The molecule has 1 spiro atoms. The Bertz CT molecular complexity index is 1200. The van der Waals surface area contributed by atoms with Gasteiger partial charge >= 0.3 is 0 Å². The van der Waals surface area contributed by atoms with Crippen LogP contribution >= 0.6 is 23.8 Å². The third-order valence-electron chi connectivity index (χ3n) is 5.83. The maximum absolute atomic E-state index is 14.0. The summed E-state index contributed by atoms with van der Waals surface area (Å²) in [5.74, 6) is 0.297. The Morgan fingerprint density at radius 1 is 1.38 bits per heavy atom. The van der Waals surface area contributed by atoms with Crippen LogP contribution in [0.25, 0.3) is 0 Å². The number of allylic oxidation sites excluding steroid dienone is 1. The number of fused-ring (bicyclic) bond motifs is 1. The number of Topliss-reactive ketones (excluding diaryl/α,β-unsaturated/α-hetero) is 1. The van der Waals surface area contributed by atoms with E-state index in [1.807, 2.05) is 25.1 Å². The molecule has 1 aliphatic heterocycles. The predicted molar refractivity (Wildman–Crippen MR) is 133 cm³/mol. The van der Waals surface area contributed by atoms with Gasteiger partial charge in [-0.25, -0.2) is 0 Å². The smallest absolute Gasteiger partial charge is 0.220 e. The summed E-state index contributed by atoms with van der Waals surface area (Å²) < 4.78 is 17.3. The first-order valence-electron chi connectivity index (χ1n) is 10.5. The van der Waals surface area contributed by atoms with Crippen LogP contribution in [0.4, 0.5) is 0 Å². The number of aromatic nitrogens is 1. The number of carbonyl (C=O) groups is 1. The summed E-state index contributed by atoms with van der Waals surface area (Å²) >= 11 is 11.4. The van der Waals surface area contributed by atoms with Crippen LogP contribution in [0.3, 0.4) is 0 Å². The summed E-state index contributed by atoms with van der Waals surface area (Å²) in [5, 5.41) is 7.86. The van der Waals surface area contributed by atoms with Crippen molar-refractivity contribution in [2.24, 2.45) is 16.8 Å². The van der Waals surface area contributed by atoms with E-state index in [-0.39, 0.29) is 33.1 Å². The molecule has 178 valence electrons. The lowest BCUT2D eigenvalue weighted by Gasteiger charge is -2.39. The highest BCUT2D eigenvalue weighted by atomic mass is 35.5. The maximum atomic E-state index is 14.0. The average Bonchev–Trinajstić information content (AvgIpc) is 3.14. The Morgan fingerprint density at radius 2 is 2.15 bits per heavy atom. The predicted octanol–water partition coefficient (Wildman–Crippen LogP) is 2.97. The summed E-state index contributed by atoms with van der Waals surface area (Å²) in [6.07, 6.45) is 3.88. The van der Waals surface area contributed by atoms with E-state index in [1.165, 1.54) is 14.2 Å². The minimum atomic E-state index is -1.37. The van der Waals surface area contributed by atoms with Gasteiger partial charge in [-0.1, -0.05) is 24.6 Å². The fourth-order valence-electron chi connectivity index (χ4n) is 4.23. The number of ketones is 1. The molecule has 0 radical (unpaired) electrons. The molecular formula is C23H24ClN5O4S. The van der Waals surface area contributed by atoms with E-state index >= 15 is 0 Å². The van der Waals surface area contributed by atoms with Gasteiger partial charge in [0.05, 0.1) is 37.9 Å². The number of benzene rings is 1. The second-order valence-corrected chi connectivity index (χ2v) is 8.70. The zero-order chi connectivity index (χ0) is 24.5. The van der Waals surface area contributed by atoms with Gasteiger partial charge in [0.15, 0.2) is 10.9 Å². The van der Waals surface area contributed by atoms with Gasteiger partial charge in [-0.05, 0) is 36.8 Å². The van der Waals surface area contributed by atoms with Crippen molar-refractivity contribution < 1.29 is 19.0 Å². The SMILES string of the molecule is COc1cc(OC)c2c(c1Cl)O[C@]1(C2=O)C(NCc2ccccn2)=C/C(=N\NC(N)=S)C[C@H]1C. The summed E-state index contributed by atoms with van der Waals surface area (Å²) in [6.45, 7) is 2.27. The number of hydrazone groups is 1. The van der Waals surface area contributed by atoms with Crippen molar-refractivity contribution in [1.82, 2.24) is 15.7 Å². The molecule has 0 unspecified atom stereocenters. The minimum Gasteiger partial charge on any atom is -0.496 e. The Kier molecular flexibility index (Phi) is 6.63. The van der Waals surface area contributed by atoms with Gasteiger partial charge in [0.2, 0.25) is 11.4 Å². The zero-order valence-electron chi connectivity index (χ0n) is 18.8. The monoisotopic (exact) mass is 501 g/mol. The molecule has 1 aromatic carbocycles. The summed E-state index contributed by atoms with van der Waals surface area (Å²) in [6, 6.07) is 7.19. The molecule has 11 heteroatoms. The number of nitrogens with two attached hydrogens (primary N) is 1. The largest absolute Gasteiger partial charge is 0.496 e. The Balaban J connectivity index is 1.82. The van der Waals surface area contributed by atoms with Crippen LogP contribution in [0.1, 0.15) is 29.4 Å². The van der Waals surface area contributed by atoms with Crippen molar-refractivity contribution in [2.75, 3.05) is 14.2 Å². The third-order valence-corrected chi connectivity index (χ3v) is 6.28. The van der Waals surface area contributed by atoms with E-state index in [0.717, 1.165) is 5.69 Å². The summed E-state index contributed by atoms with van der Waals surface area (Å²) in [5.41, 5.74) is 8.99. The van der Waals surface area contributed by atoms with Crippen molar-refractivity contribution in [1.29, 1.82) is 0 Å². The van der Waals surface area contributed by atoms with Crippen LogP contribution in [0.5, 0.6) is 17.2 Å². The third kappa shape index (κ3) is 4.03. The second-order valence-electron chi connectivity index (χ2n) is 7.88. The molecule has 2 atom stereocenters. The van der Waals surface area contributed by atoms with Crippen LogP contribution in [-0.4, -0.2) is 41.4 Å². The van der Waals surface area contributed by atoms with Crippen molar-refractivity contribution in [3.63, 3.8) is 0 Å². The molecule has 4 rings (SSSR count). The number of rotatable bonds is 6. The van der Waals surface area contributed by atoms with Crippen LogP contribution in [0, 0.1) is 5.92 Å². The lowest BCUT2D eigenvalue weighted by atomic mass is 9.74. The minimum absolute atomic E-state index is 0.0426. The van der Waals surface area contributed by atoms with E-state index < -0.39 is 5.60 Å². The first kappa shape index (κ1) is 23.8. The number of thiocarbonyl (C=S) groups is 1. The second kappa shape index (κ2) is 9.47. The van der Waals surface area contributed by atoms with Crippen molar-refractivity contribution in [2.45, 2.75) is 25.5 Å². The zero-order valence-corrected chi connectivity index (χ0v) is 20.4. The topological polar surface area (TPSA) is 120 Å². The average molecular weight is 502 g/mol. The van der Waals surface area contributed by atoms with Crippen molar-refractivity contribution >= 4 is 40.4 Å². The first-order chi connectivity index (χ1) is 16.3. The van der Waals surface area contributed by atoms with E-state index in [4.69, 9.17) is 43.8 Å². The maximum Gasteiger partial charge on any atom is 0.220 e. The molecule has 0 saturated heterocycles. The number of ether oxygens (including phenoxy) is 3. The fraction of sp³-hybridized carbons (Fsp3) is 0.304. The molecule has 1 aromatic heterocycles. The van der Waals surface area contributed by atoms with Gasteiger partial charge in [0.1, 0.15) is 22.1 Å². The molecule has 2 heterocycles. The summed E-state index contributed by atoms with van der Waals surface area (Å²) in [4.78, 5) is 18.4. The normalized spacial score (nSPS) is 22.1. The highest BCUT2D eigenvalue weighted by molar-refractivity contribution is 7.80. The van der Waals surface area contributed by atoms with Crippen LogP contribution in [-0.2, 0) is 6.54 Å². The molecule has 34 heavy (non-hydrogen) atoms. The van der Waals surface area contributed by atoms with E-state index in [9.17, 15) is 4.79 Å². The number of methoxy groups -OCH3 is 2. The molecule has 2 aliphatic rings. The molecule has 1 aliphatic carbocycles. The number of nitrogens with zero attached hydrogens (tertiary/aromatic N) is 2. The van der Waals surface area contributed by atoms with Crippen molar-refractivity contribution in [3.05, 3.63) is 58.5 Å². The number of pyridine rings is 1. The number of carbonyl (C=O) groups excluding carboxylic acids is 1. The van der Waals surface area contributed by atoms with Gasteiger partial charge in [-0.15, -0.1) is 0 Å². The first-order valence-corrected chi connectivity index (χ1v) is 11.3. The molecular weight excluding hydrogens is 478 g/mol. The van der Waals surface area contributed by atoms with Gasteiger partial charge in [-0.3, -0.25) is 15.2 Å². The van der Waals surface area contributed by atoms with Gasteiger partial charge < -0.3 is 25.3 Å². The van der Waals surface area contributed by atoms with Gasteiger partial charge in [0, 0.05) is 18.2 Å². The molecule has 0 fully saturated rings. The van der Waals surface area contributed by atoms with E-state index in [1.54, 1.807) is 18.3 Å². The van der Waals surface area contributed by atoms with Crippen LogP contribution in [0.2, 0.25) is 5.02 Å². The van der Waals surface area contributed by atoms with Gasteiger partial charge in [-0.2, -0.15) is 5.10 Å². The standard InChI is InChI=1S/C23H24ClN5O4S/c1-12-8-14(28-29-22(25)34)9-17(27-11-13-6-4-5-7-26-13)23(12)21(30)18-15(31-2)10-16(32-3)19(24)20(18)33-23/h4-7,9-10,12,27H,8,11H2,1-3H3,(H3,25,29,34)/b28-14-/t12-,23+/m1/s1. The molecule has 0 saturated carbocycles. The number of nitrogens with one attached hydrogen (secondary N) is 2. The Morgan fingerprint density at radius 3 is 2.79 bits per heavy atom. The lowest BCUT2D eigenvalue weighted by molar-refractivity contribution is 0.0459. The highest BCUT2D eigenvalue weighted by Gasteiger charge is 2.58. The molecule has 4 N–H and O–H groups in total. The van der Waals surface area contributed by atoms with Crippen molar-refractivity contribution in [3.8, 4) is 17.2 Å². The number of hydrogen-bond acceptors (Lipinski definition) is 8. The number of hydrogen-bond donors (Lipinski definition) is 3. The van der Waals surface area contributed by atoms with Crippen LogP contribution < -0.4 is 30.7 Å².